The van der Waals surface area contributed by atoms with Gasteiger partial charge in [0, 0.05) is 34.2 Å². The second-order valence-electron chi connectivity index (χ2n) is 11.8. The molecule has 2 aliphatic heterocycles. The van der Waals surface area contributed by atoms with Gasteiger partial charge in [-0.2, -0.15) is 0 Å². The number of aromatic amines is 1. The van der Waals surface area contributed by atoms with Crippen LogP contribution in [0.4, 0.5) is 0 Å². The van der Waals surface area contributed by atoms with Gasteiger partial charge in [-0.15, -0.1) is 12.4 Å². The minimum atomic E-state index is -0.956. The van der Waals surface area contributed by atoms with Crippen molar-refractivity contribution in [2.45, 2.75) is 67.7 Å². The predicted octanol–water partition coefficient (Wildman–Crippen LogP) is 4.42. The number of ether oxygens (including phenoxy) is 1. The van der Waals surface area contributed by atoms with E-state index in [1.54, 1.807) is 6.07 Å². The van der Waals surface area contributed by atoms with E-state index < -0.39 is 17.1 Å². The minimum Gasteiger partial charge on any atom is -0.504 e. The number of carbonyl (C=O) groups is 1. The molecule has 9 heteroatoms. The Morgan fingerprint density at radius 2 is 2.05 bits per heavy atom. The molecular formula is C29H31BrClN3O4. The van der Waals surface area contributed by atoms with Crippen LogP contribution >= 0.6 is 28.3 Å². The summed E-state index contributed by atoms with van der Waals surface area (Å²) in [5.74, 6) is 1.21. The molecule has 1 spiro atoms. The fourth-order valence-corrected chi connectivity index (χ4v) is 8.63. The van der Waals surface area contributed by atoms with E-state index in [-0.39, 0.29) is 36.1 Å². The summed E-state index contributed by atoms with van der Waals surface area (Å²) in [6, 6.07) is 9.19. The number of benzene rings is 2. The van der Waals surface area contributed by atoms with Crippen LogP contribution in [0.25, 0.3) is 10.9 Å². The molecule has 8 rings (SSSR count). The van der Waals surface area contributed by atoms with E-state index >= 15 is 0 Å². The first-order valence-corrected chi connectivity index (χ1v) is 14.2. The lowest BCUT2D eigenvalue weighted by Crippen LogP contribution is -2.78. The lowest BCUT2D eigenvalue weighted by Gasteiger charge is -2.64. The molecule has 2 saturated carbocycles. The van der Waals surface area contributed by atoms with Crippen molar-refractivity contribution in [3.63, 3.8) is 0 Å². The number of halogens is 2. The molecule has 0 unspecified atom stereocenters. The van der Waals surface area contributed by atoms with Crippen molar-refractivity contribution in [1.82, 2.24) is 15.2 Å². The molecule has 1 saturated heterocycles. The molecule has 4 N–H and O–H groups in total. The van der Waals surface area contributed by atoms with Gasteiger partial charge in [0.1, 0.15) is 6.10 Å². The van der Waals surface area contributed by atoms with Crippen LogP contribution < -0.4 is 10.1 Å². The zero-order valence-corrected chi connectivity index (χ0v) is 23.3. The minimum absolute atomic E-state index is 0. The fraction of sp³-hybridized carbons (Fsp3) is 0.483. The van der Waals surface area contributed by atoms with Crippen molar-refractivity contribution in [1.29, 1.82) is 0 Å². The number of nitrogens with zero attached hydrogens (tertiary/aromatic N) is 1. The zero-order chi connectivity index (χ0) is 25.1. The standard InChI is InChI=1S/C29H30BrN3O4.ClH/c30-19-13-31-24-17(19)2-1-3-18(24)27(35)32-20-8-9-29(36)22-12-16-6-7-21(34)25-23(16)28(29,26(20)37-25)10-11-33(22)14-15-4-5-15;/h1-3,6-7,13,15,20,22,26,31,34,36H,4-5,8-12,14H2,(H,32,35);1H/t20-,22-,26+,28+,29-;/m1./s1. The summed E-state index contributed by atoms with van der Waals surface area (Å²) in [6.45, 7) is 1.94. The third kappa shape index (κ3) is 3.12. The number of rotatable bonds is 4. The number of fused-ring (bicyclic) bond motifs is 1. The maximum absolute atomic E-state index is 13.6. The Balaban J connectivity index is 0.00000242. The number of para-hydroxylation sites is 1. The van der Waals surface area contributed by atoms with Crippen LogP contribution in [-0.4, -0.2) is 62.9 Å². The first kappa shape index (κ1) is 24.8. The summed E-state index contributed by atoms with van der Waals surface area (Å²) in [4.78, 5) is 19.4. The van der Waals surface area contributed by atoms with Gasteiger partial charge < -0.3 is 25.3 Å². The van der Waals surface area contributed by atoms with E-state index in [1.165, 1.54) is 18.4 Å². The highest BCUT2D eigenvalue weighted by molar-refractivity contribution is 9.10. The highest BCUT2D eigenvalue weighted by Crippen LogP contribution is 2.65. The molecule has 38 heavy (non-hydrogen) atoms. The fourth-order valence-electron chi connectivity index (χ4n) is 8.18. The number of hydrogen-bond donors (Lipinski definition) is 4. The molecule has 1 amide bonds. The Bertz CT molecular complexity index is 1470. The number of aromatic nitrogens is 1. The van der Waals surface area contributed by atoms with Crippen LogP contribution in [0.2, 0.25) is 0 Å². The molecule has 0 radical (unpaired) electrons. The Morgan fingerprint density at radius 3 is 2.87 bits per heavy atom. The number of amides is 1. The molecule has 3 aliphatic carbocycles. The molecule has 2 bridgehead atoms. The SMILES string of the molecule is Cl.O=C(N[C@@H]1CC[C@@]2(O)[C@H]3Cc4ccc(O)c5c4[C@@]2(CCN3CC2CC2)[C@H]1O5)c1cccc2c(Br)c[nH]c12. The van der Waals surface area contributed by atoms with Crippen LogP contribution in [0.1, 0.15) is 53.6 Å². The van der Waals surface area contributed by atoms with Gasteiger partial charge in [-0.05, 0) is 84.6 Å². The Kier molecular flexibility index (Phi) is 5.45. The van der Waals surface area contributed by atoms with Crippen LogP contribution in [0.15, 0.2) is 41.0 Å². The van der Waals surface area contributed by atoms with Crippen LogP contribution in [0, 0.1) is 5.92 Å². The average molecular weight is 601 g/mol. The maximum atomic E-state index is 13.6. The van der Waals surface area contributed by atoms with Gasteiger partial charge in [0.15, 0.2) is 11.5 Å². The number of phenols is 1. The smallest absolute Gasteiger partial charge is 0.253 e. The number of aromatic hydroxyl groups is 1. The molecular weight excluding hydrogens is 570 g/mol. The van der Waals surface area contributed by atoms with E-state index in [9.17, 15) is 15.0 Å². The second-order valence-corrected chi connectivity index (χ2v) is 12.6. The van der Waals surface area contributed by atoms with Crippen molar-refractivity contribution in [3.05, 3.63) is 57.7 Å². The summed E-state index contributed by atoms with van der Waals surface area (Å²) in [7, 11) is 0. The Morgan fingerprint density at radius 1 is 1.21 bits per heavy atom. The largest absolute Gasteiger partial charge is 0.504 e. The van der Waals surface area contributed by atoms with Crippen molar-refractivity contribution in [2.75, 3.05) is 13.1 Å². The summed E-state index contributed by atoms with van der Waals surface area (Å²) >= 11 is 3.55. The number of nitrogens with one attached hydrogen (secondary N) is 2. The number of phenolic OH excluding ortho intramolecular Hbond substituents is 1. The lowest BCUT2D eigenvalue weighted by atomic mass is 9.48. The van der Waals surface area contributed by atoms with Gasteiger partial charge in [-0.1, -0.05) is 18.2 Å². The summed E-state index contributed by atoms with van der Waals surface area (Å²) in [6.07, 6.45) is 6.72. The molecule has 5 aliphatic rings. The number of likely N-dealkylation sites (tertiary alicyclic amines) is 1. The second kappa shape index (κ2) is 8.37. The molecule has 1 aromatic heterocycles. The highest BCUT2D eigenvalue weighted by Gasteiger charge is 2.73. The van der Waals surface area contributed by atoms with Gasteiger partial charge in [0.05, 0.1) is 28.1 Å². The first-order chi connectivity index (χ1) is 17.9. The molecule has 200 valence electrons. The van der Waals surface area contributed by atoms with Crippen molar-refractivity contribution < 1.29 is 19.7 Å². The van der Waals surface area contributed by atoms with Gasteiger partial charge in [0.25, 0.3) is 5.91 Å². The third-order valence-electron chi connectivity index (χ3n) is 9.99. The quantitative estimate of drug-likeness (QED) is 0.356. The number of hydrogen-bond acceptors (Lipinski definition) is 5. The number of carbonyl (C=O) groups excluding carboxylic acids is 1. The summed E-state index contributed by atoms with van der Waals surface area (Å²) in [5, 5.41) is 27.7. The maximum Gasteiger partial charge on any atom is 0.253 e. The van der Waals surface area contributed by atoms with Crippen LogP contribution in [0.5, 0.6) is 11.5 Å². The normalized spacial score (nSPS) is 32.8. The summed E-state index contributed by atoms with van der Waals surface area (Å²) < 4.78 is 7.50. The van der Waals surface area contributed by atoms with Gasteiger partial charge in [0.2, 0.25) is 0 Å². The van der Waals surface area contributed by atoms with Gasteiger partial charge in [-0.3, -0.25) is 9.69 Å². The van der Waals surface area contributed by atoms with E-state index in [0.29, 0.717) is 24.2 Å². The zero-order valence-electron chi connectivity index (χ0n) is 20.9. The molecule has 3 heterocycles. The number of aliphatic hydroxyl groups is 1. The topological polar surface area (TPSA) is 97.8 Å². The average Bonchev–Trinajstić information content (AvgIpc) is 3.52. The molecule has 2 aromatic carbocycles. The Hall–Kier alpha value is -2.26. The summed E-state index contributed by atoms with van der Waals surface area (Å²) in [5.41, 5.74) is 1.93. The monoisotopic (exact) mass is 599 g/mol. The van der Waals surface area contributed by atoms with E-state index in [4.69, 9.17) is 4.74 Å². The molecule has 7 nitrogen and oxygen atoms in total. The van der Waals surface area contributed by atoms with Gasteiger partial charge >= 0.3 is 0 Å². The lowest BCUT2D eigenvalue weighted by molar-refractivity contribution is -0.191. The number of H-pyrrole nitrogens is 1. The van der Waals surface area contributed by atoms with Crippen LogP contribution in [-0.2, 0) is 11.8 Å². The van der Waals surface area contributed by atoms with Crippen molar-refractivity contribution >= 4 is 45.1 Å². The van der Waals surface area contributed by atoms with Gasteiger partial charge in [-0.25, -0.2) is 0 Å². The van der Waals surface area contributed by atoms with Crippen LogP contribution in [0.3, 0.4) is 0 Å². The molecule has 3 fully saturated rings. The predicted molar refractivity (Wildman–Crippen MR) is 149 cm³/mol. The highest BCUT2D eigenvalue weighted by atomic mass is 79.9. The van der Waals surface area contributed by atoms with Crippen molar-refractivity contribution in [3.8, 4) is 11.5 Å². The Labute approximate surface area is 235 Å². The van der Waals surface area contributed by atoms with E-state index in [0.717, 1.165) is 52.8 Å². The van der Waals surface area contributed by atoms with E-state index in [2.05, 4.69) is 31.1 Å². The van der Waals surface area contributed by atoms with E-state index in [1.807, 2.05) is 30.5 Å². The van der Waals surface area contributed by atoms with Crippen molar-refractivity contribution in [2.24, 2.45) is 5.92 Å². The first-order valence-electron chi connectivity index (χ1n) is 13.5. The number of piperidine rings is 1. The molecule has 5 atom stereocenters. The third-order valence-corrected chi connectivity index (χ3v) is 10.6. The molecule has 3 aromatic rings.